The molecule has 0 aliphatic carbocycles. The summed E-state index contributed by atoms with van der Waals surface area (Å²) in [4.78, 5) is 38.6. The molecule has 2 rings (SSSR count). The third-order valence-electron chi connectivity index (χ3n) is 5.93. The number of nitrogens with zero attached hydrogens (tertiary/aromatic N) is 1. The van der Waals surface area contributed by atoms with E-state index in [1.165, 1.54) is 54.3 Å². The van der Waals surface area contributed by atoms with Crippen molar-refractivity contribution in [3.05, 3.63) is 35.4 Å². The van der Waals surface area contributed by atoms with Gasteiger partial charge in [-0.15, -0.1) is 11.8 Å². The number of nitrogens with one attached hydrogen (secondary N) is 1. The highest BCUT2D eigenvalue weighted by Gasteiger charge is 2.38. The van der Waals surface area contributed by atoms with Gasteiger partial charge in [-0.1, -0.05) is 70.9 Å². The number of imide groups is 1. The van der Waals surface area contributed by atoms with E-state index in [4.69, 9.17) is 0 Å². The van der Waals surface area contributed by atoms with Crippen LogP contribution >= 0.6 is 11.8 Å². The van der Waals surface area contributed by atoms with E-state index >= 15 is 0 Å². The lowest BCUT2D eigenvalue weighted by atomic mass is 10.1. The van der Waals surface area contributed by atoms with Crippen LogP contribution in [0, 0.1) is 0 Å². The number of carbonyl (C=O) groups excluding carboxylic acids is 3. The number of hydrogen-bond acceptors (Lipinski definition) is 4. The first kappa shape index (κ1) is 26.4. The van der Waals surface area contributed by atoms with Crippen LogP contribution < -0.4 is 5.32 Å². The highest BCUT2D eigenvalue weighted by Crippen LogP contribution is 2.25. The molecule has 0 bridgehead atoms. The molecule has 1 aromatic rings. The van der Waals surface area contributed by atoms with Crippen molar-refractivity contribution in [2.24, 2.45) is 0 Å². The van der Waals surface area contributed by atoms with E-state index in [0.29, 0.717) is 24.4 Å². The summed E-state index contributed by atoms with van der Waals surface area (Å²) < 4.78 is 0. The summed E-state index contributed by atoms with van der Waals surface area (Å²) in [6.45, 7) is 5.41. The lowest BCUT2D eigenvalue weighted by molar-refractivity contribution is -0.138. The standard InChI is InChI=1S/C26H40N2O3S/c1-3-5-7-8-9-10-11-18-28-24(29)20-23(26(28)31)32-19-17-27-25(30)22-15-13-21(14-16-22)12-6-4-2/h13-16,23H,3-12,17-20H2,1-2H3,(H,27,30). The molecule has 1 N–H and O–H groups in total. The Hall–Kier alpha value is -1.82. The van der Waals surface area contributed by atoms with Crippen LogP contribution in [-0.4, -0.2) is 46.7 Å². The van der Waals surface area contributed by atoms with Gasteiger partial charge in [0.05, 0.1) is 5.25 Å². The van der Waals surface area contributed by atoms with Crippen LogP contribution in [0.1, 0.15) is 94.0 Å². The Labute approximate surface area is 198 Å². The topological polar surface area (TPSA) is 66.5 Å². The second-order valence-electron chi connectivity index (χ2n) is 8.62. The van der Waals surface area contributed by atoms with Crippen molar-refractivity contribution in [3.8, 4) is 0 Å². The number of rotatable bonds is 16. The van der Waals surface area contributed by atoms with Crippen molar-refractivity contribution in [1.82, 2.24) is 10.2 Å². The molecule has 1 aliphatic rings. The third kappa shape index (κ3) is 8.97. The maximum Gasteiger partial charge on any atom is 0.251 e. The van der Waals surface area contributed by atoms with Crippen LogP contribution in [0.15, 0.2) is 24.3 Å². The fourth-order valence-corrected chi connectivity index (χ4v) is 4.95. The number of carbonyl (C=O) groups is 3. The lowest BCUT2D eigenvalue weighted by Crippen LogP contribution is -2.32. The zero-order valence-corrected chi connectivity index (χ0v) is 20.7. The Morgan fingerprint density at radius 1 is 0.969 bits per heavy atom. The van der Waals surface area contributed by atoms with Crippen LogP contribution in [0.4, 0.5) is 0 Å². The Kier molecular flexibility index (Phi) is 12.5. The summed E-state index contributed by atoms with van der Waals surface area (Å²) in [5, 5.41) is 2.61. The smallest absolute Gasteiger partial charge is 0.251 e. The van der Waals surface area contributed by atoms with E-state index in [9.17, 15) is 14.4 Å². The Morgan fingerprint density at radius 3 is 2.31 bits per heavy atom. The molecule has 0 radical (unpaired) electrons. The van der Waals surface area contributed by atoms with Crippen molar-refractivity contribution in [2.75, 3.05) is 18.8 Å². The molecule has 0 aromatic heterocycles. The molecule has 6 heteroatoms. The predicted octanol–water partition coefficient (Wildman–Crippen LogP) is 5.37. The molecule has 1 aromatic carbocycles. The molecule has 1 aliphatic heterocycles. The van der Waals surface area contributed by atoms with Gasteiger partial charge in [-0.25, -0.2) is 0 Å². The van der Waals surface area contributed by atoms with E-state index in [-0.39, 0.29) is 29.4 Å². The monoisotopic (exact) mass is 460 g/mol. The first-order valence-electron chi connectivity index (χ1n) is 12.4. The number of amides is 3. The molecule has 3 amide bonds. The van der Waals surface area contributed by atoms with Gasteiger partial charge in [-0.3, -0.25) is 19.3 Å². The Bertz CT molecular complexity index is 720. The second-order valence-corrected chi connectivity index (χ2v) is 9.94. The van der Waals surface area contributed by atoms with Crippen molar-refractivity contribution < 1.29 is 14.4 Å². The SMILES string of the molecule is CCCCCCCCCN1C(=O)CC(SCCNC(=O)c2ccc(CCCC)cc2)C1=O. The van der Waals surface area contributed by atoms with Crippen LogP contribution in [-0.2, 0) is 16.0 Å². The van der Waals surface area contributed by atoms with Gasteiger partial charge in [0.2, 0.25) is 11.8 Å². The third-order valence-corrected chi connectivity index (χ3v) is 7.14. The summed E-state index contributed by atoms with van der Waals surface area (Å²) in [6.07, 6.45) is 11.8. The highest BCUT2D eigenvalue weighted by atomic mass is 32.2. The Balaban J connectivity index is 1.63. The maximum atomic E-state index is 12.6. The minimum absolute atomic E-state index is 0.0503. The summed E-state index contributed by atoms with van der Waals surface area (Å²) in [5.74, 6) is 0.419. The van der Waals surface area contributed by atoms with Crippen LogP contribution in [0.5, 0.6) is 0 Å². The van der Waals surface area contributed by atoms with Gasteiger partial charge >= 0.3 is 0 Å². The Morgan fingerprint density at radius 2 is 1.62 bits per heavy atom. The zero-order chi connectivity index (χ0) is 23.2. The molecule has 178 valence electrons. The fourth-order valence-electron chi connectivity index (χ4n) is 3.92. The number of aryl methyl sites for hydroxylation is 1. The average molecular weight is 461 g/mol. The zero-order valence-electron chi connectivity index (χ0n) is 19.9. The molecular formula is C26H40N2O3S. The van der Waals surface area contributed by atoms with Gasteiger partial charge in [-0.05, 0) is 37.0 Å². The van der Waals surface area contributed by atoms with E-state index in [2.05, 4.69) is 19.2 Å². The van der Waals surface area contributed by atoms with Crippen LogP contribution in [0.2, 0.25) is 0 Å². The molecule has 5 nitrogen and oxygen atoms in total. The highest BCUT2D eigenvalue weighted by molar-refractivity contribution is 8.00. The minimum atomic E-state index is -0.304. The van der Waals surface area contributed by atoms with E-state index in [1.807, 2.05) is 24.3 Å². The quantitative estimate of drug-likeness (QED) is 0.266. The first-order chi connectivity index (χ1) is 15.6. The largest absolute Gasteiger partial charge is 0.351 e. The van der Waals surface area contributed by atoms with Crippen molar-refractivity contribution in [2.45, 2.75) is 89.7 Å². The molecule has 32 heavy (non-hydrogen) atoms. The van der Waals surface area contributed by atoms with Crippen molar-refractivity contribution >= 4 is 29.5 Å². The van der Waals surface area contributed by atoms with Gasteiger partial charge in [0.1, 0.15) is 0 Å². The van der Waals surface area contributed by atoms with E-state index in [1.54, 1.807) is 0 Å². The van der Waals surface area contributed by atoms with Crippen LogP contribution in [0.25, 0.3) is 0 Å². The van der Waals surface area contributed by atoms with Gasteiger partial charge in [0.25, 0.3) is 5.91 Å². The lowest BCUT2D eigenvalue weighted by Gasteiger charge is -2.14. The predicted molar refractivity (Wildman–Crippen MR) is 133 cm³/mol. The average Bonchev–Trinajstić information content (AvgIpc) is 3.07. The molecule has 0 spiro atoms. The fraction of sp³-hybridized carbons (Fsp3) is 0.654. The number of thioether (sulfide) groups is 1. The van der Waals surface area contributed by atoms with E-state index in [0.717, 1.165) is 32.1 Å². The molecule has 1 heterocycles. The first-order valence-corrected chi connectivity index (χ1v) is 13.4. The summed E-state index contributed by atoms with van der Waals surface area (Å²) in [5.41, 5.74) is 1.91. The summed E-state index contributed by atoms with van der Waals surface area (Å²) >= 11 is 1.47. The molecule has 1 saturated heterocycles. The minimum Gasteiger partial charge on any atom is -0.351 e. The van der Waals surface area contributed by atoms with Crippen molar-refractivity contribution in [3.63, 3.8) is 0 Å². The maximum absolute atomic E-state index is 12.6. The summed E-state index contributed by atoms with van der Waals surface area (Å²) in [6, 6.07) is 7.77. The van der Waals surface area contributed by atoms with Gasteiger partial charge in [0.15, 0.2) is 0 Å². The number of benzene rings is 1. The summed E-state index contributed by atoms with van der Waals surface area (Å²) in [7, 11) is 0. The molecule has 0 saturated carbocycles. The number of unbranched alkanes of at least 4 members (excludes halogenated alkanes) is 7. The molecule has 1 atom stereocenters. The number of likely N-dealkylation sites (tertiary alicyclic amines) is 1. The second kappa shape index (κ2) is 15.1. The van der Waals surface area contributed by atoms with Crippen molar-refractivity contribution in [1.29, 1.82) is 0 Å². The van der Waals surface area contributed by atoms with Gasteiger partial charge in [-0.2, -0.15) is 0 Å². The van der Waals surface area contributed by atoms with E-state index < -0.39 is 0 Å². The molecule has 1 fully saturated rings. The normalized spacial score (nSPS) is 16.1. The molecule has 1 unspecified atom stereocenters. The number of hydrogen-bond donors (Lipinski definition) is 1. The molecular weight excluding hydrogens is 420 g/mol. The van der Waals surface area contributed by atoms with Gasteiger partial charge in [0, 0.05) is 30.8 Å². The van der Waals surface area contributed by atoms with Gasteiger partial charge < -0.3 is 5.32 Å². The van der Waals surface area contributed by atoms with Crippen LogP contribution in [0.3, 0.4) is 0 Å².